The monoisotopic (exact) mass is 402 g/mol. The van der Waals surface area contributed by atoms with Crippen LogP contribution in [0.4, 0.5) is 4.39 Å². The molecule has 5 heteroatoms. The van der Waals surface area contributed by atoms with Crippen molar-refractivity contribution < 1.29 is 23.5 Å². The number of ether oxygens (including phenoxy) is 2. The third kappa shape index (κ3) is 3.74. The van der Waals surface area contributed by atoms with E-state index < -0.39 is 0 Å². The molecule has 0 amide bonds. The standard InChI is InChI=1S/C25H19FO4/c1-2-29-23-14-16(11-12-22(23)30-15-17-7-3-6-10-21(17)26)13-20-24(27)18-8-4-5-9-19(18)25(20)28/h3-14H,2,15H2,1H3. The fourth-order valence-electron chi connectivity index (χ4n) is 3.34. The first-order valence-electron chi connectivity index (χ1n) is 9.61. The molecule has 4 rings (SSSR count). The molecule has 0 heterocycles. The van der Waals surface area contributed by atoms with E-state index in [1.54, 1.807) is 66.7 Å². The van der Waals surface area contributed by atoms with Gasteiger partial charge in [0.15, 0.2) is 23.1 Å². The minimum atomic E-state index is -0.338. The fraction of sp³-hybridized carbons (Fsp3) is 0.120. The molecule has 0 aliphatic heterocycles. The Bertz CT molecular complexity index is 1130. The second-order valence-electron chi connectivity index (χ2n) is 6.78. The lowest BCUT2D eigenvalue weighted by atomic mass is 10.1. The normalized spacial score (nSPS) is 12.7. The van der Waals surface area contributed by atoms with Crippen molar-refractivity contribution in [3.8, 4) is 11.5 Å². The zero-order chi connectivity index (χ0) is 21.1. The van der Waals surface area contributed by atoms with Crippen LogP contribution in [0.1, 0.15) is 38.8 Å². The highest BCUT2D eigenvalue weighted by Crippen LogP contribution is 2.32. The highest BCUT2D eigenvalue weighted by atomic mass is 19.1. The first kappa shape index (κ1) is 19.6. The average molecular weight is 402 g/mol. The van der Waals surface area contributed by atoms with Gasteiger partial charge in [-0.15, -0.1) is 0 Å². The summed E-state index contributed by atoms with van der Waals surface area (Å²) in [4.78, 5) is 25.2. The van der Waals surface area contributed by atoms with Crippen LogP contribution in [0, 0.1) is 5.82 Å². The summed E-state index contributed by atoms with van der Waals surface area (Å²) < 4.78 is 25.2. The Labute approximate surface area is 173 Å². The van der Waals surface area contributed by atoms with Crippen LogP contribution >= 0.6 is 0 Å². The minimum absolute atomic E-state index is 0.0550. The van der Waals surface area contributed by atoms with Crippen LogP contribution in [-0.4, -0.2) is 18.2 Å². The van der Waals surface area contributed by atoms with Gasteiger partial charge in [0.05, 0.1) is 12.2 Å². The Morgan fingerprint density at radius 3 is 2.17 bits per heavy atom. The molecule has 0 bridgehead atoms. The zero-order valence-electron chi connectivity index (χ0n) is 16.4. The van der Waals surface area contributed by atoms with Gasteiger partial charge in [0.1, 0.15) is 12.4 Å². The molecular formula is C25H19FO4. The number of hydrogen-bond donors (Lipinski definition) is 0. The summed E-state index contributed by atoms with van der Waals surface area (Å²) >= 11 is 0. The number of ketones is 2. The molecule has 0 spiro atoms. The van der Waals surface area contributed by atoms with Gasteiger partial charge in [0, 0.05) is 16.7 Å². The van der Waals surface area contributed by atoms with Crippen molar-refractivity contribution in [2.75, 3.05) is 6.61 Å². The van der Waals surface area contributed by atoms with Crippen molar-refractivity contribution in [2.24, 2.45) is 0 Å². The van der Waals surface area contributed by atoms with E-state index in [-0.39, 0.29) is 29.6 Å². The molecule has 4 nitrogen and oxygen atoms in total. The lowest BCUT2D eigenvalue weighted by Gasteiger charge is -2.13. The SMILES string of the molecule is CCOc1cc(C=C2C(=O)c3ccccc3C2=O)ccc1OCc1ccccc1F. The third-order valence-corrected chi connectivity index (χ3v) is 4.83. The Morgan fingerprint density at radius 1 is 0.833 bits per heavy atom. The van der Waals surface area contributed by atoms with E-state index in [2.05, 4.69) is 0 Å². The van der Waals surface area contributed by atoms with E-state index in [9.17, 15) is 14.0 Å². The van der Waals surface area contributed by atoms with E-state index in [4.69, 9.17) is 9.47 Å². The number of fused-ring (bicyclic) bond motifs is 1. The Morgan fingerprint density at radius 2 is 1.50 bits per heavy atom. The predicted octanol–water partition coefficient (Wildman–Crippen LogP) is 5.27. The van der Waals surface area contributed by atoms with Crippen LogP contribution in [0.3, 0.4) is 0 Å². The summed E-state index contributed by atoms with van der Waals surface area (Å²) in [6.07, 6.45) is 1.56. The van der Waals surface area contributed by atoms with E-state index in [1.807, 2.05) is 6.92 Å². The first-order chi connectivity index (χ1) is 14.6. The lowest BCUT2D eigenvalue weighted by Crippen LogP contribution is -2.02. The van der Waals surface area contributed by atoms with Crippen molar-refractivity contribution in [1.29, 1.82) is 0 Å². The van der Waals surface area contributed by atoms with Crippen molar-refractivity contribution in [2.45, 2.75) is 13.5 Å². The molecule has 0 saturated heterocycles. The zero-order valence-corrected chi connectivity index (χ0v) is 16.4. The van der Waals surface area contributed by atoms with Crippen molar-refractivity contribution in [3.05, 3.63) is 100 Å². The number of hydrogen-bond acceptors (Lipinski definition) is 4. The van der Waals surface area contributed by atoms with Crippen LogP contribution in [0.25, 0.3) is 6.08 Å². The summed E-state index contributed by atoms with van der Waals surface area (Å²) in [6, 6.07) is 18.3. The number of Topliss-reactive ketones (excluding diaryl/α,β-unsaturated/α-hetero) is 2. The highest BCUT2D eigenvalue weighted by Gasteiger charge is 2.32. The van der Waals surface area contributed by atoms with Crippen molar-refractivity contribution >= 4 is 17.6 Å². The molecule has 0 aromatic heterocycles. The Balaban J connectivity index is 1.61. The smallest absolute Gasteiger partial charge is 0.197 e. The lowest BCUT2D eigenvalue weighted by molar-refractivity contribution is 0.0990. The third-order valence-electron chi connectivity index (χ3n) is 4.83. The molecule has 3 aromatic carbocycles. The van der Waals surface area contributed by atoms with E-state index in [0.29, 0.717) is 40.4 Å². The van der Waals surface area contributed by atoms with Gasteiger partial charge < -0.3 is 9.47 Å². The Hall–Kier alpha value is -3.73. The molecule has 0 radical (unpaired) electrons. The number of carbonyl (C=O) groups excluding carboxylic acids is 2. The van der Waals surface area contributed by atoms with Gasteiger partial charge in [-0.25, -0.2) is 4.39 Å². The summed E-state index contributed by atoms with van der Waals surface area (Å²) in [7, 11) is 0. The molecule has 1 aliphatic carbocycles. The maximum atomic E-state index is 13.8. The van der Waals surface area contributed by atoms with E-state index in [1.165, 1.54) is 6.07 Å². The van der Waals surface area contributed by atoms with Gasteiger partial charge in [-0.1, -0.05) is 48.5 Å². The first-order valence-corrected chi connectivity index (χ1v) is 9.61. The number of rotatable bonds is 6. The van der Waals surface area contributed by atoms with Gasteiger partial charge >= 0.3 is 0 Å². The largest absolute Gasteiger partial charge is 0.490 e. The van der Waals surface area contributed by atoms with E-state index in [0.717, 1.165) is 0 Å². The van der Waals surface area contributed by atoms with Crippen LogP contribution in [0.5, 0.6) is 11.5 Å². The van der Waals surface area contributed by atoms with Crippen LogP contribution < -0.4 is 9.47 Å². The molecule has 30 heavy (non-hydrogen) atoms. The molecule has 0 unspecified atom stereocenters. The number of halogens is 1. The summed E-state index contributed by atoms with van der Waals surface area (Å²) in [6.45, 7) is 2.30. The molecule has 3 aromatic rings. The van der Waals surface area contributed by atoms with Crippen molar-refractivity contribution in [1.82, 2.24) is 0 Å². The van der Waals surface area contributed by atoms with Gasteiger partial charge in [0.25, 0.3) is 0 Å². The average Bonchev–Trinajstić information content (AvgIpc) is 2.99. The molecular weight excluding hydrogens is 383 g/mol. The second-order valence-corrected chi connectivity index (χ2v) is 6.78. The van der Waals surface area contributed by atoms with Gasteiger partial charge in [-0.3, -0.25) is 9.59 Å². The second kappa shape index (κ2) is 8.33. The van der Waals surface area contributed by atoms with Crippen molar-refractivity contribution in [3.63, 3.8) is 0 Å². The molecule has 0 fully saturated rings. The quantitative estimate of drug-likeness (QED) is 0.417. The predicted molar refractivity (Wildman–Crippen MR) is 111 cm³/mol. The minimum Gasteiger partial charge on any atom is -0.490 e. The maximum Gasteiger partial charge on any atom is 0.197 e. The maximum absolute atomic E-state index is 13.8. The summed E-state index contributed by atoms with van der Waals surface area (Å²) in [5.41, 5.74) is 2.04. The molecule has 0 atom stereocenters. The van der Waals surface area contributed by atoms with Crippen LogP contribution in [0.2, 0.25) is 0 Å². The van der Waals surface area contributed by atoms with Gasteiger partial charge in [0.2, 0.25) is 0 Å². The highest BCUT2D eigenvalue weighted by molar-refractivity contribution is 6.41. The van der Waals surface area contributed by atoms with E-state index >= 15 is 0 Å². The van der Waals surface area contributed by atoms with Crippen LogP contribution in [-0.2, 0) is 6.61 Å². The topological polar surface area (TPSA) is 52.6 Å². The summed E-state index contributed by atoms with van der Waals surface area (Å²) in [5.74, 6) is 0.00438. The molecule has 1 aliphatic rings. The molecule has 150 valence electrons. The number of benzene rings is 3. The Kier molecular flexibility index (Phi) is 5.44. The fourth-order valence-corrected chi connectivity index (χ4v) is 3.34. The van der Waals surface area contributed by atoms with Gasteiger partial charge in [-0.2, -0.15) is 0 Å². The number of carbonyl (C=O) groups is 2. The molecule has 0 N–H and O–H groups in total. The number of allylic oxidation sites excluding steroid dienone is 1. The van der Waals surface area contributed by atoms with Crippen LogP contribution in [0.15, 0.2) is 72.3 Å². The molecule has 0 saturated carbocycles. The van der Waals surface area contributed by atoms with Gasteiger partial charge in [-0.05, 0) is 36.8 Å². The summed E-state index contributed by atoms with van der Waals surface area (Å²) in [5, 5.41) is 0.